The maximum atomic E-state index is 3.96. The van der Waals surface area contributed by atoms with E-state index in [1.54, 1.807) is 0 Å². The third kappa shape index (κ3) is 1.88. The van der Waals surface area contributed by atoms with Gasteiger partial charge in [0.1, 0.15) is 0 Å². The van der Waals surface area contributed by atoms with Crippen molar-refractivity contribution in [1.29, 1.82) is 0 Å². The van der Waals surface area contributed by atoms with E-state index >= 15 is 0 Å². The van der Waals surface area contributed by atoms with E-state index in [2.05, 4.69) is 52.5 Å². The molecule has 1 atom stereocenters. The van der Waals surface area contributed by atoms with Crippen molar-refractivity contribution in [3.63, 3.8) is 0 Å². The second-order valence-electron chi connectivity index (χ2n) is 4.60. The summed E-state index contributed by atoms with van der Waals surface area (Å²) in [6, 6.07) is 0. The Morgan fingerprint density at radius 3 is 2.25 bits per heavy atom. The Kier molecular flexibility index (Phi) is 2.27. The zero-order valence-electron chi connectivity index (χ0n) is 8.52. The van der Waals surface area contributed by atoms with Crippen molar-refractivity contribution >= 4 is 0 Å². The van der Waals surface area contributed by atoms with Crippen molar-refractivity contribution in [3.05, 3.63) is 36.0 Å². The van der Waals surface area contributed by atoms with Gasteiger partial charge < -0.3 is 0 Å². The van der Waals surface area contributed by atoms with Crippen LogP contribution in [-0.4, -0.2) is 0 Å². The van der Waals surface area contributed by atoms with Crippen molar-refractivity contribution in [2.75, 3.05) is 0 Å². The fourth-order valence-electron chi connectivity index (χ4n) is 1.32. The number of hydrogen-bond acceptors (Lipinski definition) is 0. The zero-order valence-corrected chi connectivity index (χ0v) is 8.52. The fraction of sp³-hybridized carbons (Fsp3) is 0.500. The number of rotatable bonds is 1. The maximum absolute atomic E-state index is 3.96. The van der Waals surface area contributed by atoms with Crippen LogP contribution in [0.5, 0.6) is 0 Å². The lowest BCUT2D eigenvalue weighted by atomic mass is 9.87. The average Bonchev–Trinajstić information content (AvgIpc) is 2.30. The van der Waals surface area contributed by atoms with E-state index in [1.807, 2.05) is 0 Å². The highest BCUT2D eigenvalue weighted by atomic mass is 14.2. The summed E-state index contributed by atoms with van der Waals surface area (Å²) >= 11 is 0. The first-order valence-corrected chi connectivity index (χ1v) is 4.47. The van der Waals surface area contributed by atoms with Crippen LogP contribution in [-0.2, 0) is 0 Å². The summed E-state index contributed by atoms with van der Waals surface area (Å²) in [5.74, 6) is 0.472. The maximum Gasteiger partial charge on any atom is 0.0161 e. The molecule has 0 fully saturated rings. The molecule has 0 heteroatoms. The summed E-state index contributed by atoms with van der Waals surface area (Å²) < 4.78 is 0. The SMILES string of the molecule is C=C(C)C1C=CC(C(C)(C)C)=C1. The molecule has 0 heterocycles. The van der Waals surface area contributed by atoms with Crippen LogP contribution in [0.15, 0.2) is 36.0 Å². The Morgan fingerprint density at radius 2 is 2.00 bits per heavy atom. The molecule has 0 aliphatic heterocycles. The van der Waals surface area contributed by atoms with Gasteiger partial charge in [0.2, 0.25) is 0 Å². The first-order valence-electron chi connectivity index (χ1n) is 4.47. The Bertz CT molecular complexity index is 246. The molecule has 0 aromatic heterocycles. The van der Waals surface area contributed by atoms with Gasteiger partial charge in [0.15, 0.2) is 0 Å². The van der Waals surface area contributed by atoms with Crippen molar-refractivity contribution in [2.45, 2.75) is 27.7 Å². The minimum absolute atomic E-state index is 0.278. The molecule has 0 spiro atoms. The Morgan fingerprint density at radius 1 is 1.42 bits per heavy atom. The molecule has 0 N–H and O–H groups in total. The van der Waals surface area contributed by atoms with Crippen molar-refractivity contribution in [2.24, 2.45) is 11.3 Å². The van der Waals surface area contributed by atoms with E-state index in [1.165, 1.54) is 11.1 Å². The molecule has 1 unspecified atom stereocenters. The molecule has 0 saturated heterocycles. The number of hydrogen-bond donors (Lipinski definition) is 0. The highest BCUT2D eigenvalue weighted by Gasteiger charge is 2.19. The lowest BCUT2D eigenvalue weighted by molar-refractivity contribution is 0.517. The van der Waals surface area contributed by atoms with Gasteiger partial charge in [-0.05, 0) is 17.9 Å². The minimum Gasteiger partial charge on any atom is -0.0992 e. The van der Waals surface area contributed by atoms with Gasteiger partial charge in [-0.1, -0.05) is 51.2 Å². The lowest BCUT2D eigenvalue weighted by Crippen LogP contribution is -2.06. The first kappa shape index (κ1) is 9.31. The Balaban J connectivity index is 2.82. The van der Waals surface area contributed by atoms with Crippen molar-refractivity contribution in [1.82, 2.24) is 0 Å². The third-order valence-electron chi connectivity index (χ3n) is 2.28. The van der Waals surface area contributed by atoms with Gasteiger partial charge in [-0.2, -0.15) is 0 Å². The molecule has 0 aromatic rings. The molecule has 0 aromatic carbocycles. The lowest BCUT2D eigenvalue weighted by Gasteiger charge is -2.18. The van der Waals surface area contributed by atoms with E-state index in [0.29, 0.717) is 5.92 Å². The summed E-state index contributed by atoms with van der Waals surface area (Å²) in [4.78, 5) is 0. The molecule has 0 amide bonds. The molecule has 1 aliphatic carbocycles. The van der Waals surface area contributed by atoms with Crippen LogP contribution >= 0.6 is 0 Å². The second-order valence-corrected chi connectivity index (χ2v) is 4.60. The molecule has 0 bridgehead atoms. The van der Waals surface area contributed by atoms with E-state index in [4.69, 9.17) is 0 Å². The highest BCUT2D eigenvalue weighted by molar-refractivity contribution is 5.37. The highest BCUT2D eigenvalue weighted by Crippen LogP contribution is 2.33. The van der Waals surface area contributed by atoms with Gasteiger partial charge in [0.25, 0.3) is 0 Å². The Hall–Kier alpha value is -0.780. The minimum atomic E-state index is 0.278. The summed E-state index contributed by atoms with van der Waals surface area (Å²) in [7, 11) is 0. The molecule has 0 saturated carbocycles. The van der Waals surface area contributed by atoms with Crippen LogP contribution in [0, 0.1) is 11.3 Å². The molecule has 0 radical (unpaired) electrons. The molecular weight excluding hydrogens is 144 g/mol. The summed E-state index contributed by atoms with van der Waals surface area (Å²) in [6.07, 6.45) is 6.75. The van der Waals surface area contributed by atoms with Crippen molar-refractivity contribution in [3.8, 4) is 0 Å². The monoisotopic (exact) mass is 162 g/mol. The molecule has 1 aliphatic rings. The van der Waals surface area contributed by atoms with Gasteiger partial charge in [0.05, 0.1) is 0 Å². The van der Waals surface area contributed by atoms with Gasteiger partial charge in [-0.3, -0.25) is 0 Å². The fourth-order valence-corrected chi connectivity index (χ4v) is 1.32. The summed E-state index contributed by atoms with van der Waals surface area (Å²) in [6.45, 7) is 12.8. The molecule has 66 valence electrons. The van der Waals surface area contributed by atoms with Crippen LogP contribution in [0.2, 0.25) is 0 Å². The van der Waals surface area contributed by atoms with E-state index in [0.717, 1.165) is 0 Å². The van der Waals surface area contributed by atoms with Crippen LogP contribution in [0.4, 0.5) is 0 Å². The van der Waals surface area contributed by atoms with E-state index in [-0.39, 0.29) is 5.41 Å². The van der Waals surface area contributed by atoms with Gasteiger partial charge in [0, 0.05) is 5.92 Å². The quantitative estimate of drug-likeness (QED) is 0.515. The zero-order chi connectivity index (χ0) is 9.35. The van der Waals surface area contributed by atoms with Gasteiger partial charge in [-0.15, -0.1) is 0 Å². The van der Waals surface area contributed by atoms with Gasteiger partial charge in [-0.25, -0.2) is 0 Å². The Labute approximate surface area is 75.7 Å². The largest absolute Gasteiger partial charge is 0.0992 e. The predicted octanol–water partition coefficient (Wildman–Crippen LogP) is 3.72. The van der Waals surface area contributed by atoms with Crippen LogP contribution in [0.1, 0.15) is 27.7 Å². The van der Waals surface area contributed by atoms with E-state index < -0.39 is 0 Å². The van der Waals surface area contributed by atoms with Crippen LogP contribution in [0.25, 0.3) is 0 Å². The standard InChI is InChI=1S/C12H18/c1-9(2)10-6-7-11(8-10)12(3,4)5/h6-8,10H,1H2,2-5H3. The second kappa shape index (κ2) is 2.93. The number of allylic oxidation sites excluding steroid dienone is 5. The average molecular weight is 162 g/mol. The topological polar surface area (TPSA) is 0 Å². The predicted molar refractivity (Wildman–Crippen MR) is 55.0 cm³/mol. The van der Waals surface area contributed by atoms with Crippen LogP contribution in [0.3, 0.4) is 0 Å². The smallest absolute Gasteiger partial charge is 0.0161 e. The molecular formula is C12H18. The van der Waals surface area contributed by atoms with Gasteiger partial charge >= 0.3 is 0 Å². The first-order chi connectivity index (χ1) is 5.41. The normalized spacial score (nSPS) is 22.7. The summed E-state index contributed by atoms with van der Waals surface area (Å²) in [5, 5.41) is 0. The summed E-state index contributed by atoms with van der Waals surface area (Å²) in [5.41, 5.74) is 2.93. The molecule has 12 heavy (non-hydrogen) atoms. The third-order valence-corrected chi connectivity index (χ3v) is 2.28. The van der Waals surface area contributed by atoms with Crippen LogP contribution < -0.4 is 0 Å². The molecule has 0 nitrogen and oxygen atoms in total. The molecule has 1 rings (SSSR count). The van der Waals surface area contributed by atoms with E-state index in [9.17, 15) is 0 Å². The van der Waals surface area contributed by atoms with Crippen molar-refractivity contribution < 1.29 is 0 Å².